The molecule has 5 aromatic carbocycles. The SMILES string of the molecule is COCCOC(=O)N1C(=O)[C@@]2(c3cc(C#CCN(C)Cc4ccccc4)ccc31)[C@H](C(=O)NCCc1ccccn1)[C@H]1C(=O)O[C@H](c3ccccc3)[C@H](c3ccccc3)N1[C@@H]2c1ccc(O)cc1. The molecule has 1 spiro atoms. The largest absolute Gasteiger partial charge is 0.508 e. The van der Waals surface area contributed by atoms with Crippen molar-refractivity contribution in [3.8, 4) is 17.6 Å². The Morgan fingerprint density at radius 1 is 0.824 bits per heavy atom. The number of morpholine rings is 1. The number of hydrogen-bond acceptors (Lipinski definition) is 11. The zero-order chi connectivity index (χ0) is 47.2. The van der Waals surface area contributed by atoms with E-state index in [1.807, 2.05) is 103 Å². The monoisotopic (exact) mass is 909 g/mol. The van der Waals surface area contributed by atoms with Crippen molar-refractivity contribution in [2.75, 3.05) is 45.4 Å². The summed E-state index contributed by atoms with van der Waals surface area (Å²) in [6, 6.07) is 42.8. The van der Waals surface area contributed by atoms with Crippen LogP contribution in [-0.4, -0.2) is 90.3 Å². The highest BCUT2D eigenvalue weighted by atomic mass is 16.6. The van der Waals surface area contributed by atoms with Gasteiger partial charge in [0, 0.05) is 44.1 Å². The number of aromatic nitrogens is 1. The summed E-state index contributed by atoms with van der Waals surface area (Å²) >= 11 is 0. The number of nitrogens with one attached hydrogen (secondary N) is 1. The van der Waals surface area contributed by atoms with Crippen LogP contribution in [-0.2, 0) is 47.0 Å². The molecule has 0 bridgehead atoms. The van der Waals surface area contributed by atoms with Crippen molar-refractivity contribution in [3.05, 3.63) is 197 Å². The van der Waals surface area contributed by atoms with Gasteiger partial charge in [0.25, 0.3) is 0 Å². The van der Waals surface area contributed by atoms with Crippen molar-refractivity contribution in [1.29, 1.82) is 0 Å². The average Bonchev–Trinajstić information content (AvgIpc) is 3.81. The highest BCUT2D eigenvalue weighted by Gasteiger charge is 2.75. The topological polar surface area (TPSA) is 151 Å². The van der Waals surface area contributed by atoms with Gasteiger partial charge in [-0.3, -0.25) is 29.2 Å². The minimum atomic E-state index is -2.01. The smallest absolute Gasteiger partial charge is 0.421 e. The maximum Gasteiger partial charge on any atom is 0.421 e. The van der Waals surface area contributed by atoms with Gasteiger partial charge in [-0.1, -0.05) is 121 Å². The molecule has 6 aromatic rings. The third kappa shape index (κ3) is 8.73. The standard InChI is InChI=1S/C55H51N5O8/c1-58(36-38-15-6-3-7-16-38)32-14-17-37-23-28-45-44(35-37)55(53(64)59(45)54(65)67-34-33-66-2)46(51(62)57-31-29-42-22-12-13-30-56-42)48-52(63)68-49(40-20-10-5-11-21-40)47(39-18-8-4-9-19-39)60(48)50(55)41-24-26-43(61)27-25-41/h3-13,15-16,18-28,30,35,46-50,61H,29,31-34,36H2,1-2H3,(H,57,62)/t46-,47-,48-,49+,50+,55-/m0/s1. The van der Waals surface area contributed by atoms with Crippen LogP contribution in [0.3, 0.4) is 0 Å². The highest BCUT2D eigenvalue weighted by Crippen LogP contribution is 2.66. The Morgan fingerprint density at radius 3 is 2.21 bits per heavy atom. The summed E-state index contributed by atoms with van der Waals surface area (Å²) in [5.41, 5.74) is 2.84. The number of methoxy groups -OCH3 is 1. The van der Waals surface area contributed by atoms with Gasteiger partial charge in [-0.2, -0.15) is 0 Å². The number of nitrogens with zero attached hydrogens (tertiary/aromatic N) is 4. The number of carbonyl (C=O) groups excluding carboxylic acids is 4. The minimum Gasteiger partial charge on any atom is -0.508 e. The molecule has 3 amide bonds. The molecule has 13 nitrogen and oxygen atoms in total. The van der Waals surface area contributed by atoms with E-state index in [2.05, 4.69) is 39.2 Å². The molecule has 1 aromatic heterocycles. The van der Waals surface area contributed by atoms with Crippen LogP contribution >= 0.6 is 0 Å². The van der Waals surface area contributed by atoms with Gasteiger partial charge in [-0.25, -0.2) is 9.69 Å². The first kappa shape index (κ1) is 45.5. The van der Waals surface area contributed by atoms with Crippen LogP contribution in [0.1, 0.15) is 57.3 Å². The predicted molar refractivity (Wildman–Crippen MR) is 254 cm³/mol. The molecule has 3 aliphatic rings. The molecular weight excluding hydrogens is 859 g/mol. The van der Waals surface area contributed by atoms with Crippen LogP contribution in [0.25, 0.3) is 0 Å². The number of phenolic OH excluding ortho intramolecular Hbond substituents is 1. The number of hydrogen-bond donors (Lipinski definition) is 2. The normalized spacial score (nSPS) is 21.7. The summed E-state index contributed by atoms with van der Waals surface area (Å²) in [6.07, 6.45) is 0.154. The lowest BCUT2D eigenvalue weighted by atomic mass is 9.65. The van der Waals surface area contributed by atoms with Crippen molar-refractivity contribution in [1.82, 2.24) is 20.1 Å². The van der Waals surface area contributed by atoms with Crippen molar-refractivity contribution in [2.45, 2.75) is 42.6 Å². The van der Waals surface area contributed by atoms with Crippen molar-refractivity contribution < 1.29 is 38.5 Å². The third-order valence-electron chi connectivity index (χ3n) is 12.9. The highest BCUT2D eigenvalue weighted by molar-refractivity contribution is 6.23. The number of ether oxygens (including phenoxy) is 3. The maximum atomic E-state index is 16.3. The van der Waals surface area contributed by atoms with Crippen LogP contribution < -0.4 is 10.2 Å². The molecule has 0 unspecified atom stereocenters. The quantitative estimate of drug-likeness (QED) is 0.0696. The summed E-state index contributed by atoms with van der Waals surface area (Å²) in [5, 5.41) is 13.8. The first-order valence-corrected chi connectivity index (χ1v) is 22.6. The van der Waals surface area contributed by atoms with Crippen LogP contribution in [0.15, 0.2) is 158 Å². The van der Waals surface area contributed by atoms with Gasteiger partial charge >= 0.3 is 12.1 Å². The van der Waals surface area contributed by atoms with E-state index in [-0.39, 0.29) is 31.2 Å². The van der Waals surface area contributed by atoms with Gasteiger partial charge in [0.15, 0.2) is 0 Å². The number of fused-ring (bicyclic) bond motifs is 3. The van der Waals surface area contributed by atoms with Crippen molar-refractivity contribution in [2.24, 2.45) is 5.92 Å². The van der Waals surface area contributed by atoms with Gasteiger partial charge in [-0.05, 0) is 77.3 Å². The molecule has 0 radical (unpaired) electrons. The fourth-order valence-electron chi connectivity index (χ4n) is 10.1. The summed E-state index contributed by atoms with van der Waals surface area (Å²) < 4.78 is 17.4. The Balaban J connectivity index is 1.27. The lowest BCUT2D eigenvalue weighted by Crippen LogP contribution is -2.56. The van der Waals surface area contributed by atoms with E-state index < -0.39 is 59.4 Å². The van der Waals surface area contributed by atoms with Crippen molar-refractivity contribution in [3.63, 3.8) is 0 Å². The summed E-state index contributed by atoms with van der Waals surface area (Å²) in [7, 11) is 3.45. The number of phenols is 1. The number of esters is 1. The van der Waals surface area contributed by atoms with Gasteiger partial charge in [0.1, 0.15) is 29.9 Å². The van der Waals surface area contributed by atoms with Gasteiger partial charge in [-0.15, -0.1) is 0 Å². The van der Waals surface area contributed by atoms with Crippen LogP contribution in [0.2, 0.25) is 0 Å². The minimum absolute atomic E-state index is 0.0303. The van der Waals surface area contributed by atoms with Gasteiger partial charge in [0.2, 0.25) is 11.8 Å². The van der Waals surface area contributed by atoms with E-state index >= 15 is 14.4 Å². The van der Waals surface area contributed by atoms with E-state index in [1.165, 1.54) is 19.2 Å². The number of amides is 3. The zero-order valence-corrected chi connectivity index (χ0v) is 37.7. The molecule has 344 valence electrons. The number of anilines is 1. The molecule has 2 fully saturated rings. The second kappa shape index (κ2) is 20.1. The molecular formula is C55H51N5O8. The van der Waals surface area contributed by atoms with Gasteiger partial charge in [0.05, 0.1) is 36.8 Å². The zero-order valence-electron chi connectivity index (χ0n) is 37.7. The fourth-order valence-corrected chi connectivity index (χ4v) is 10.1. The molecule has 6 atom stereocenters. The first-order valence-electron chi connectivity index (χ1n) is 22.6. The summed E-state index contributed by atoms with van der Waals surface area (Å²) in [4.78, 5) is 71.1. The van der Waals surface area contributed by atoms with E-state index in [9.17, 15) is 9.90 Å². The number of pyridine rings is 1. The number of aromatic hydroxyl groups is 1. The van der Waals surface area contributed by atoms with Crippen LogP contribution in [0.5, 0.6) is 5.75 Å². The lowest BCUT2D eigenvalue weighted by Gasteiger charge is -2.46. The van der Waals surface area contributed by atoms with Crippen LogP contribution in [0, 0.1) is 17.8 Å². The number of imide groups is 1. The third-order valence-corrected chi connectivity index (χ3v) is 12.9. The molecule has 9 rings (SSSR count). The Kier molecular flexibility index (Phi) is 13.4. The number of cyclic esters (lactones) is 1. The molecule has 4 heterocycles. The number of rotatable bonds is 13. The molecule has 3 aliphatic heterocycles. The Morgan fingerprint density at radius 2 is 1.51 bits per heavy atom. The van der Waals surface area contributed by atoms with E-state index in [4.69, 9.17) is 14.2 Å². The Bertz CT molecular complexity index is 2820. The second-order valence-corrected chi connectivity index (χ2v) is 17.2. The number of benzene rings is 5. The summed E-state index contributed by atoms with van der Waals surface area (Å²) in [6.45, 7) is 1.11. The molecule has 13 heteroatoms. The maximum absolute atomic E-state index is 16.3. The molecule has 2 saturated heterocycles. The predicted octanol–water partition coefficient (Wildman–Crippen LogP) is 7.08. The Labute approximate surface area is 395 Å². The number of carbonyl (C=O) groups is 4. The first-order chi connectivity index (χ1) is 33.2. The summed E-state index contributed by atoms with van der Waals surface area (Å²) in [5.74, 6) is 2.96. The van der Waals surface area contributed by atoms with E-state index in [0.717, 1.165) is 21.7 Å². The Hall–Kier alpha value is -7.63. The van der Waals surface area contributed by atoms with Crippen molar-refractivity contribution >= 4 is 29.6 Å². The molecule has 0 saturated carbocycles. The van der Waals surface area contributed by atoms with Crippen LogP contribution in [0.4, 0.5) is 10.5 Å². The average molecular weight is 910 g/mol. The molecule has 0 aliphatic carbocycles. The molecule has 68 heavy (non-hydrogen) atoms. The lowest BCUT2D eigenvalue weighted by molar-refractivity contribution is -0.178. The second-order valence-electron chi connectivity index (χ2n) is 17.2. The fraction of sp³-hybridized carbons (Fsp3) is 0.255. The van der Waals surface area contributed by atoms with E-state index in [1.54, 1.807) is 42.6 Å². The van der Waals surface area contributed by atoms with E-state index in [0.29, 0.717) is 41.8 Å². The molecule has 2 N–H and O–H groups in total. The van der Waals surface area contributed by atoms with Gasteiger partial charge < -0.3 is 24.6 Å².